The number of furan rings is 1. The predicted molar refractivity (Wildman–Crippen MR) is 91.2 cm³/mol. The molecule has 136 valence electrons. The zero-order chi connectivity index (χ0) is 17.8. The molecule has 3 heterocycles. The number of rotatable bonds is 5. The molecule has 1 unspecified atom stereocenters. The molecule has 2 amide bonds. The van der Waals surface area contributed by atoms with Crippen molar-refractivity contribution < 1.29 is 18.8 Å². The Morgan fingerprint density at radius 3 is 2.92 bits per heavy atom. The number of hydrogen-bond acceptors (Lipinski definition) is 6. The summed E-state index contributed by atoms with van der Waals surface area (Å²) in [6.45, 7) is 6.21. The highest BCUT2D eigenvalue weighted by Gasteiger charge is 2.30. The average Bonchev–Trinajstić information content (AvgIpc) is 3.22. The van der Waals surface area contributed by atoms with Crippen molar-refractivity contribution >= 4 is 11.7 Å². The number of carbonyl (C=O) groups excluding carboxylic acids is 1. The van der Waals surface area contributed by atoms with Crippen LogP contribution in [-0.2, 0) is 6.54 Å². The number of urea groups is 1. The van der Waals surface area contributed by atoms with E-state index in [1.165, 1.54) is 0 Å². The van der Waals surface area contributed by atoms with E-state index < -0.39 is 0 Å². The molecule has 2 N–H and O–H groups in total. The molecule has 8 heteroatoms. The molecule has 1 fully saturated rings. The largest absolute Gasteiger partial charge is 0.468 e. The van der Waals surface area contributed by atoms with Crippen molar-refractivity contribution in [3.05, 3.63) is 35.6 Å². The number of hydrogen-bond donors (Lipinski definition) is 2. The highest BCUT2D eigenvalue weighted by Crippen LogP contribution is 2.21. The SMILES string of the molecule is Cc1noc(C)c1NC(=O)N1CCN(Cc2ccco2)C(CCO)C1. The van der Waals surface area contributed by atoms with Gasteiger partial charge in [-0.3, -0.25) is 4.90 Å². The van der Waals surface area contributed by atoms with Gasteiger partial charge in [0.15, 0.2) is 5.76 Å². The van der Waals surface area contributed by atoms with E-state index in [1.54, 1.807) is 25.0 Å². The lowest BCUT2D eigenvalue weighted by Gasteiger charge is -2.40. The van der Waals surface area contributed by atoms with Crippen LogP contribution < -0.4 is 5.32 Å². The van der Waals surface area contributed by atoms with E-state index in [0.717, 1.165) is 12.3 Å². The quantitative estimate of drug-likeness (QED) is 0.858. The minimum absolute atomic E-state index is 0.0820. The number of carbonyl (C=O) groups is 1. The van der Waals surface area contributed by atoms with Crippen molar-refractivity contribution in [2.24, 2.45) is 0 Å². The second-order valence-electron chi connectivity index (χ2n) is 6.29. The normalized spacial score (nSPS) is 18.5. The van der Waals surface area contributed by atoms with E-state index >= 15 is 0 Å². The predicted octanol–water partition coefficient (Wildman–Crippen LogP) is 1.99. The van der Waals surface area contributed by atoms with Crippen LogP contribution in [0.2, 0.25) is 0 Å². The first kappa shape index (κ1) is 17.5. The van der Waals surface area contributed by atoms with Crippen LogP contribution in [0.1, 0.15) is 23.6 Å². The molecule has 2 aromatic heterocycles. The Balaban J connectivity index is 1.63. The van der Waals surface area contributed by atoms with E-state index in [9.17, 15) is 9.90 Å². The fraction of sp³-hybridized carbons (Fsp3) is 0.529. The molecule has 1 aliphatic heterocycles. The Morgan fingerprint density at radius 2 is 2.28 bits per heavy atom. The molecule has 0 aliphatic carbocycles. The van der Waals surface area contributed by atoms with Crippen LogP contribution in [0.25, 0.3) is 0 Å². The number of aromatic nitrogens is 1. The second-order valence-corrected chi connectivity index (χ2v) is 6.29. The fourth-order valence-corrected chi connectivity index (χ4v) is 3.16. The van der Waals surface area contributed by atoms with Crippen molar-refractivity contribution in [1.82, 2.24) is 15.0 Å². The van der Waals surface area contributed by atoms with Gasteiger partial charge in [-0.15, -0.1) is 0 Å². The zero-order valence-corrected chi connectivity index (χ0v) is 14.6. The molecule has 0 saturated carbocycles. The van der Waals surface area contributed by atoms with Crippen LogP contribution in [-0.4, -0.2) is 58.4 Å². The van der Waals surface area contributed by atoms with Gasteiger partial charge in [0.05, 0.1) is 12.8 Å². The summed E-state index contributed by atoms with van der Waals surface area (Å²) in [5, 5.41) is 16.1. The molecule has 1 saturated heterocycles. The van der Waals surface area contributed by atoms with Gasteiger partial charge in [0.2, 0.25) is 0 Å². The summed E-state index contributed by atoms with van der Waals surface area (Å²) >= 11 is 0. The van der Waals surface area contributed by atoms with Gasteiger partial charge in [-0.2, -0.15) is 0 Å². The summed E-state index contributed by atoms with van der Waals surface area (Å²) in [6, 6.07) is 3.71. The number of amides is 2. The van der Waals surface area contributed by atoms with Gasteiger partial charge in [-0.25, -0.2) is 4.79 Å². The third kappa shape index (κ3) is 4.02. The number of aliphatic hydroxyl groups is 1. The van der Waals surface area contributed by atoms with Crippen molar-refractivity contribution in [3.8, 4) is 0 Å². The molecule has 1 atom stereocenters. The molecule has 25 heavy (non-hydrogen) atoms. The maximum atomic E-state index is 12.6. The third-order valence-corrected chi connectivity index (χ3v) is 4.56. The van der Waals surface area contributed by atoms with Gasteiger partial charge in [0.25, 0.3) is 0 Å². The number of piperazine rings is 1. The summed E-state index contributed by atoms with van der Waals surface area (Å²) in [6.07, 6.45) is 2.26. The van der Waals surface area contributed by atoms with Gasteiger partial charge in [0, 0.05) is 32.3 Å². The second kappa shape index (κ2) is 7.71. The highest BCUT2D eigenvalue weighted by molar-refractivity contribution is 5.90. The van der Waals surface area contributed by atoms with Crippen LogP contribution in [0.4, 0.5) is 10.5 Å². The van der Waals surface area contributed by atoms with Crippen molar-refractivity contribution in [3.63, 3.8) is 0 Å². The van der Waals surface area contributed by atoms with Crippen LogP contribution in [0.5, 0.6) is 0 Å². The number of anilines is 1. The van der Waals surface area contributed by atoms with Gasteiger partial charge >= 0.3 is 6.03 Å². The van der Waals surface area contributed by atoms with E-state index in [-0.39, 0.29) is 18.7 Å². The summed E-state index contributed by atoms with van der Waals surface area (Å²) in [7, 11) is 0. The van der Waals surface area contributed by atoms with E-state index in [4.69, 9.17) is 8.94 Å². The highest BCUT2D eigenvalue weighted by atomic mass is 16.5. The molecule has 0 radical (unpaired) electrons. The number of aryl methyl sites for hydroxylation is 2. The molecule has 2 aromatic rings. The Morgan fingerprint density at radius 1 is 1.44 bits per heavy atom. The van der Waals surface area contributed by atoms with Crippen molar-refractivity contribution in [1.29, 1.82) is 0 Å². The first-order valence-electron chi connectivity index (χ1n) is 8.44. The van der Waals surface area contributed by atoms with Gasteiger partial charge in [-0.05, 0) is 32.4 Å². The van der Waals surface area contributed by atoms with E-state index in [2.05, 4.69) is 15.4 Å². The smallest absolute Gasteiger partial charge is 0.322 e. The van der Waals surface area contributed by atoms with Crippen LogP contribution in [0, 0.1) is 13.8 Å². The number of nitrogens with zero attached hydrogens (tertiary/aromatic N) is 3. The van der Waals surface area contributed by atoms with E-state index in [1.807, 2.05) is 12.1 Å². The van der Waals surface area contributed by atoms with Crippen LogP contribution >= 0.6 is 0 Å². The molecule has 0 bridgehead atoms. The lowest BCUT2D eigenvalue weighted by molar-refractivity contribution is 0.0669. The van der Waals surface area contributed by atoms with Crippen molar-refractivity contribution in [2.75, 3.05) is 31.6 Å². The van der Waals surface area contributed by atoms with E-state index in [0.29, 0.717) is 43.2 Å². The summed E-state index contributed by atoms with van der Waals surface area (Å²) in [5.74, 6) is 1.48. The van der Waals surface area contributed by atoms with Gasteiger partial charge < -0.3 is 24.3 Å². The Kier molecular flexibility index (Phi) is 5.40. The topological polar surface area (TPSA) is 95.0 Å². The zero-order valence-electron chi connectivity index (χ0n) is 14.6. The van der Waals surface area contributed by atoms with Crippen molar-refractivity contribution in [2.45, 2.75) is 32.9 Å². The Bertz CT molecular complexity index is 678. The summed E-state index contributed by atoms with van der Waals surface area (Å²) in [4.78, 5) is 16.6. The molecule has 0 aromatic carbocycles. The Labute approximate surface area is 146 Å². The minimum atomic E-state index is -0.171. The fourth-order valence-electron chi connectivity index (χ4n) is 3.16. The van der Waals surface area contributed by atoms with Crippen LogP contribution in [0.3, 0.4) is 0 Å². The summed E-state index contributed by atoms with van der Waals surface area (Å²) < 4.78 is 10.5. The molecule has 3 rings (SSSR count). The first-order valence-corrected chi connectivity index (χ1v) is 8.44. The third-order valence-electron chi connectivity index (χ3n) is 4.56. The Hall–Kier alpha value is -2.32. The lowest BCUT2D eigenvalue weighted by Crippen LogP contribution is -2.55. The lowest BCUT2D eigenvalue weighted by atomic mass is 10.1. The molecule has 1 aliphatic rings. The molecule has 8 nitrogen and oxygen atoms in total. The monoisotopic (exact) mass is 348 g/mol. The van der Waals surface area contributed by atoms with Gasteiger partial charge in [-0.1, -0.05) is 5.16 Å². The van der Waals surface area contributed by atoms with Crippen LogP contribution in [0.15, 0.2) is 27.3 Å². The number of nitrogens with one attached hydrogen (secondary N) is 1. The summed E-state index contributed by atoms with van der Waals surface area (Å²) in [5.41, 5.74) is 1.29. The maximum absolute atomic E-state index is 12.6. The first-order chi connectivity index (χ1) is 12.1. The van der Waals surface area contributed by atoms with Gasteiger partial charge in [0.1, 0.15) is 17.1 Å². The minimum Gasteiger partial charge on any atom is -0.468 e. The molecular weight excluding hydrogens is 324 g/mol. The molecular formula is C17H24N4O4. The molecule has 0 spiro atoms. The standard InChI is InChI=1S/C17H24N4O4/c1-12-16(13(2)25-19-12)18-17(23)21-7-6-20(14(10-21)5-8-22)11-15-4-3-9-24-15/h3-4,9,14,22H,5-8,10-11H2,1-2H3,(H,18,23). The average molecular weight is 348 g/mol. The number of aliphatic hydroxyl groups excluding tert-OH is 1. The maximum Gasteiger partial charge on any atom is 0.322 e.